The van der Waals surface area contributed by atoms with Gasteiger partial charge in [-0.15, -0.1) is 0 Å². The summed E-state index contributed by atoms with van der Waals surface area (Å²) in [7, 11) is 0. The normalized spacial score (nSPS) is 14.0. The summed E-state index contributed by atoms with van der Waals surface area (Å²) in [4.78, 5) is 40.4. The summed E-state index contributed by atoms with van der Waals surface area (Å²) in [6, 6.07) is 10.4. The summed E-state index contributed by atoms with van der Waals surface area (Å²) in [5, 5.41) is 2.86. The number of nitrogens with one attached hydrogen (secondary N) is 1. The van der Waals surface area contributed by atoms with Gasteiger partial charge in [-0.3, -0.25) is 14.4 Å². The number of rotatable bonds is 4. The van der Waals surface area contributed by atoms with E-state index in [1.807, 2.05) is 13.8 Å². The second kappa shape index (κ2) is 9.26. The highest BCUT2D eigenvalue weighted by molar-refractivity contribution is 6.33. The molecular weight excluding hydrogens is 409 g/mol. The van der Waals surface area contributed by atoms with Crippen molar-refractivity contribution in [3.05, 3.63) is 64.4 Å². The molecule has 0 bridgehead atoms. The first-order valence-electron chi connectivity index (χ1n) is 9.71. The fourth-order valence-corrected chi connectivity index (χ4v) is 3.36. The molecule has 1 fully saturated rings. The molecule has 0 radical (unpaired) electrons. The predicted octanol–water partition coefficient (Wildman–Crippen LogP) is 3.67. The Labute approximate surface area is 179 Å². The molecule has 0 aromatic heterocycles. The average molecular weight is 432 g/mol. The third-order valence-corrected chi connectivity index (χ3v) is 5.25. The quantitative estimate of drug-likeness (QED) is 0.803. The van der Waals surface area contributed by atoms with E-state index in [1.54, 1.807) is 34.1 Å². The lowest BCUT2D eigenvalue weighted by molar-refractivity contribution is -0.118. The van der Waals surface area contributed by atoms with E-state index < -0.39 is 5.82 Å². The van der Waals surface area contributed by atoms with E-state index in [0.717, 1.165) is 6.07 Å². The molecule has 0 atom stereocenters. The van der Waals surface area contributed by atoms with E-state index in [2.05, 4.69) is 5.32 Å². The van der Waals surface area contributed by atoms with Crippen molar-refractivity contribution in [1.82, 2.24) is 9.80 Å². The van der Waals surface area contributed by atoms with Crippen molar-refractivity contribution in [2.75, 3.05) is 31.5 Å². The van der Waals surface area contributed by atoms with E-state index in [9.17, 15) is 18.8 Å². The van der Waals surface area contributed by atoms with E-state index in [0.29, 0.717) is 37.4 Å². The predicted molar refractivity (Wildman–Crippen MR) is 113 cm³/mol. The highest BCUT2D eigenvalue weighted by Gasteiger charge is 2.26. The Bertz CT molecular complexity index is 955. The lowest BCUT2D eigenvalue weighted by atomic mass is 10.1. The Morgan fingerprint density at radius 3 is 2.03 bits per heavy atom. The summed E-state index contributed by atoms with van der Waals surface area (Å²) in [5.74, 6) is -1.13. The van der Waals surface area contributed by atoms with Gasteiger partial charge in [-0.25, -0.2) is 4.39 Å². The molecule has 1 aliphatic rings. The van der Waals surface area contributed by atoms with Crippen LogP contribution in [0.15, 0.2) is 42.5 Å². The molecule has 0 aliphatic carbocycles. The maximum atomic E-state index is 13.2. The highest BCUT2D eigenvalue weighted by Crippen LogP contribution is 2.20. The number of nitrogens with zero attached hydrogens (tertiary/aromatic N) is 2. The van der Waals surface area contributed by atoms with Crippen LogP contribution in [-0.2, 0) is 4.79 Å². The molecule has 1 saturated heterocycles. The molecule has 8 heteroatoms. The first-order valence-corrected chi connectivity index (χ1v) is 10.1. The van der Waals surface area contributed by atoms with Crippen LogP contribution in [0.3, 0.4) is 0 Å². The topological polar surface area (TPSA) is 69.7 Å². The summed E-state index contributed by atoms with van der Waals surface area (Å²) < 4.78 is 13.2. The molecule has 3 amide bonds. The van der Waals surface area contributed by atoms with Gasteiger partial charge in [0.25, 0.3) is 11.8 Å². The van der Waals surface area contributed by atoms with Gasteiger partial charge in [-0.1, -0.05) is 25.4 Å². The first-order chi connectivity index (χ1) is 14.3. The molecule has 2 aromatic rings. The van der Waals surface area contributed by atoms with E-state index in [4.69, 9.17) is 11.6 Å². The fraction of sp³-hybridized carbons (Fsp3) is 0.318. The van der Waals surface area contributed by atoms with Crippen LogP contribution in [0.1, 0.15) is 34.6 Å². The summed E-state index contributed by atoms with van der Waals surface area (Å²) in [5.41, 5.74) is 1.40. The Morgan fingerprint density at radius 1 is 0.933 bits per heavy atom. The monoisotopic (exact) mass is 431 g/mol. The van der Waals surface area contributed by atoms with Crippen LogP contribution in [0.25, 0.3) is 0 Å². The highest BCUT2D eigenvalue weighted by atomic mass is 35.5. The molecule has 0 saturated carbocycles. The molecule has 0 unspecified atom stereocenters. The van der Waals surface area contributed by atoms with E-state index in [-0.39, 0.29) is 34.2 Å². The number of halogens is 2. The third-order valence-electron chi connectivity index (χ3n) is 4.94. The van der Waals surface area contributed by atoms with Crippen LogP contribution in [-0.4, -0.2) is 53.7 Å². The molecule has 2 aromatic carbocycles. The smallest absolute Gasteiger partial charge is 0.255 e. The first kappa shape index (κ1) is 21.8. The Balaban J connectivity index is 1.58. The standard InChI is InChI=1S/C22H23ClFN3O3/c1-14(2)20(28)25-17-6-3-15(4-7-17)21(29)26-9-11-27(12-10-26)22(30)18-8-5-16(24)13-19(18)23/h3-8,13-14H,9-12H2,1-2H3,(H,25,28). The SMILES string of the molecule is CC(C)C(=O)Nc1ccc(C(=O)N2CCN(C(=O)c3ccc(F)cc3Cl)CC2)cc1. The summed E-state index contributed by atoms with van der Waals surface area (Å²) in [6.45, 7) is 5.11. The van der Waals surface area contributed by atoms with Gasteiger partial charge in [0, 0.05) is 43.3 Å². The zero-order valence-electron chi connectivity index (χ0n) is 16.8. The minimum Gasteiger partial charge on any atom is -0.335 e. The molecule has 158 valence electrons. The van der Waals surface area contributed by atoms with Crippen LogP contribution >= 0.6 is 11.6 Å². The van der Waals surface area contributed by atoms with Crippen LogP contribution in [0.2, 0.25) is 5.02 Å². The third kappa shape index (κ3) is 4.97. The van der Waals surface area contributed by atoms with E-state index >= 15 is 0 Å². The molecular formula is C22H23ClFN3O3. The van der Waals surface area contributed by atoms with Crippen molar-refractivity contribution in [3.8, 4) is 0 Å². The molecule has 6 nitrogen and oxygen atoms in total. The van der Waals surface area contributed by atoms with E-state index in [1.165, 1.54) is 12.1 Å². The largest absolute Gasteiger partial charge is 0.335 e. The number of hydrogen-bond acceptors (Lipinski definition) is 3. The van der Waals surface area contributed by atoms with Crippen LogP contribution in [0, 0.1) is 11.7 Å². The van der Waals surface area contributed by atoms with Crippen LogP contribution in [0.4, 0.5) is 10.1 Å². The molecule has 1 heterocycles. The van der Waals surface area contributed by atoms with Crippen molar-refractivity contribution in [1.29, 1.82) is 0 Å². The molecule has 30 heavy (non-hydrogen) atoms. The number of amides is 3. The second-order valence-electron chi connectivity index (χ2n) is 7.43. The lowest BCUT2D eigenvalue weighted by Gasteiger charge is -2.35. The average Bonchev–Trinajstić information content (AvgIpc) is 2.73. The van der Waals surface area contributed by atoms with Gasteiger partial charge >= 0.3 is 0 Å². The van der Waals surface area contributed by atoms with Gasteiger partial charge in [0.05, 0.1) is 10.6 Å². The Kier molecular flexibility index (Phi) is 6.72. The second-order valence-corrected chi connectivity index (χ2v) is 7.84. The zero-order chi connectivity index (χ0) is 21.8. The van der Waals surface area contributed by atoms with Crippen molar-refractivity contribution in [2.24, 2.45) is 5.92 Å². The van der Waals surface area contributed by atoms with Crippen LogP contribution < -0.4 is 5.32 Å². The molecule has 1 aliphatic heterocycles. The zero-order valence-corrected chi connectivity index (χ0v) is 17.6. The van der Waals surface area contributed by atoms with Gasteiger partial charge in [-0.2, -0.15) is 0 Å². The van der Waals surface area contributed by atoms with Gasteiger partial charge in [-0.05, 0) is 42.5 Å². The van der Waals surface area contributed by atoms with Crippen molar-refractivity contribution < 1.29 is 18.8 Å². The number of carbonyl (C=O) groups excluding carboxylic acids is 3. The molecule has 0 spiro atoms. The van der Waals surface area contributed by atoms with Gasteiger partial charge < -0.3 is 15.1 Å². The van der Waals surface area contributed by atoms with Gasteiger partial charge in [0.2, 0.25) is 5.91 Å². The summed E-state index contributed by atoms with van der Waals surface area (Å²) >= 11 is 5.99. The number of anilines is 1. The minimum absolute atomic E-state index is 0.0724. The van der Waals surface area contributed by atoms with Crippen molar-refractivity contribution in [3.63, 3.8) is 0 Å². The Hall–Kier alpha value is -2.93. The fourth-order valence-electron chi connectivity index (χ4n) is 3.11. The molecule has 3 rings (SSSR count). The lowest BCUT2D eigenvalue weighted by Crippen LogP contribution is -2.50. The maximum Gasteiger partial charge on any atom is 0.255 e. The Morgan fingerprint density at radius 2 is 1.50 bits per heavy atom. The maximum absolute atomic E-state index is 13.2. The van der Waals surface area contributed by atoms with Crippen molar-refractivity contribution >= 4 is 35.0 Å². The molecule has 1 N–H and O–H groups in total. The van der Waals surface area contributed by atoms with Crippen LogP contribution in [0.5, 0.6) is 0 Å². The van der Waals surface area contributed by atoms with Gasteiger partial charge in [0.15, 0.2) is 0 Å². The number of carbonyl (C=O) groups is 3. The van der Waals surface area contributed by atoms with Crippen molar-refractivity contribution in [2.45, 2.75) is 13.8 Å². The summed E-state index contributed by atoms with van der Waals surface area (Å²) in [6.07, 6.45) is 0. The number of piperazine rings is 1. The minimum atomic E-state index is -0.498. The number of benzene rings is 2. The van der Waals surface area contributed by atoms with Gasteiger partial charge in [0.1, 0.15) is 5.82 Å². The number of hydrogen-bond donors (Lipinski definition) is 1.